The van der Waals surface area contributed by atoms with Crippen LogP contribution in [0.15, 0.2) is 18.0 Å². The number of halogens is 3. The van der Waals surface area contributed by atoms with Gasteiger partial charge in [0.2, 0.25) is 0 Å². The molecular weight excluding hydrogens is 230 g/mol. The summed E-state index contributed by atoms with van der Waals surface area (Å²) in [5.74, 6) is 0.145. The first-order chi connectivity index (χ1) is 6.00. The highest BCUT2D eigenvalue weighted by molar-refractivity contribution is 6.40. The minimum absolute atomic E-state index is 0.145. The first-order valence-electron chi connectivity index (χ1n) is 3.38. The lowest BCUT2D eigenvalue weighted by Gasteiger charge is -2.03. The summed E-state index contributed by atoms with van der Waals surface area (Å²) in [6.07, 6.45) is 1.49. The Morgan fingerprint density at radius 1 is 1.08 bits per heavy atom. The number of hydrogen-bond acceptors (Lipinski definition) is 2. The molecule has 0 spiro atoms. The molecule has 0 atom stereocenters. The van der Waals surface area contributed by atoms with Crippen molar-refractivity contribution in [3.8, 4) is 0 Å². The van der Waals surface area contributed by atoms with Gasteiger partial charge in [-0.25, -0.2) is 0 Å². The summed E-state index contributed by atoms with van der Waals surface area (Å²) in [6, 6.07) is 3.15. The maximum absolute atomic E-state index is 5.85. The van der Waals surface area contributed by atoms with Gasteiger partial charge in [0, 0.05) is 10.6 Å². The Kier molecular flexibility index (Phi) is 3.31. The Balaban J connectivity index is 3.29. The van der Waals surface area contributed by atoms with Crippen LogP contribution in [0, 0.1) is 0 Å². The molecule has 0 fully saturated rings. The second-order valence-corrected chi connectivity index (χ2v) is 3.68. The summed E-state index contributed by atoms with van der Waals surface area (Å²) in [4.78, 5) is 0. The van der Waals surface area contributed by atoms with E-state index >= 15 is 0 Å². The third-order valence-electron chi connectivity index (χ3n) is 1.35. The molecule has 13 heavy (non-hydrogen) atoms. The lowest BCUT2D eigenvalue weighted by molar-refractivity contribution is 1.27. The van der Waals surface area contributed by atoms with E-state index in [2.05, 4.69) is 0 Å². The molecule has 0 unspecified atom stereocenters. The highest BCUT2D eigenvalue weighted by Crippen LogP contribution is 2.29. The fourth-order valence-corrected chi connectivity index (χ4v) is 1.78. The van der Waals surface area contributed by atoms with Gasteiger partial charge in [-0.2, -0.15) is 0 Å². The Hall–Kier alpha value is -0.570. The Morgan fingerprint density at radius 2 is 1.54 bits per heavy atom. The predicted octanol–water partition coefficient (Wildman–Crippen LogP) is 2.86. The highest BCUT2D eigenvalue weighted by Gasteiger charge is 2.05. The average molecular weight is 238 g/mol. The van der Waals surface area contributed by atoms with Gasteiger partial charge in [-0.3, -0.25) is 0 Å². The van der Waals surface area contributed by atoms with Crippen LogP contribution in [0.4, 0.5) is 0 Å². The van der Waals surface area contributed by atoms with Crippen molar-refractivity contribution in [2.75, 3.05) is 0 Å². The van der Waals surface area contributed by atoms with Gasteiger partial charge in [0.25, 0.3) is 0 Å². The molecule has 0 saturated heterocycles. The zero-order valence-corrected chi connectivity index (χ0v) is 8.79. The molecule has 4 N–H and O–H groups in total. The molecule has 0 saturated carbocycles. The maximum Gasteiger partial charge on any atom is 0.0940 e. The van der Waals surface area contributed by atoms with E-state index in [1.165, 1.54) is 6.08 Å². The second-order valence-electron chi connectivity index (χ2n) is 2.43. The van der Waals surface area contributed by atoms with Gasteiger partial charge in [0.15, 0.2) is 0 Å². The predicted molar refractivity (Wildman–Crippen MR) is 57.8 cm³/mol. The molecule has 0 aliphatic carbocycles. The lowest BCUT2D eigenvalue weighted by Crippen LogP contribution is -2.07. The van der Waals surface area contributed by atoms with Crippen molar-refractivity contribution in [2.45, 2.75) is 0 Å². The van der Waals surface area contributed by atoms with E-state index in [0.717, 1.165) is 0 Å². The molecule has 0 bridgehead atoms. The van der Waals surface area contributed by atoms with Crippen molar-refractivity contribution in [3.63, 3.8) is 0 Å². The molecular formula is C8H7Cl3N2. The summed E-state index contributed by atoms with van der Waals surface area (Å²) in [5, 5.41) is 1.32. The summed E-state index contributed by atoms with van der Waals surface area (Å²) in [6.45, 7) is 0. The number of nitrogens with two attached hydrogens (primary N) is 2. The van der Waals surface area contributed by atoms with Crippen molar-refractivity contribution < 1.29 is 0 Å². The summed E-state index contributed by atoms with van der Waals surface area (Å²) >= 11 is 17.4. The molecule has 0 aromatic heterocycles. The monoisotopic (exact) mass is 236 g/mol. The van der Waals surface area contributed by atoms with Gasteiger partial charge in [-0.1, -0.05) is 34.8 Å². The first-order valence-corrected chi connectivity index (χ1v) is 4.51. The van der Waals surface area contributed by atoms with Crippen LogP contribution in [0.1, 0.15) is 5.56 Å². The van der Waals surface area contributed by atoms with Crippen molar-refractivity contribution in [1.82, 2.24) is 0 Å². The fourth-order valence-electron chi connectivity index (χ4n) is 0.858. The smallest absolute Gasteiger partial charge is 0.0940 e. The van der Waals surface area contributed by atoms with Gasteiger partial charge in [-0.05, 0) is 18.2 Å². The minimum Gasteiger partial charge on any atom is -0.386 e. The molecule has 1 aromatic rings. The number of hydrogen-bond donors (Lipinski definition) is 2. The molecule has 0 heterocycles. The third-order valence-corrected chi connectivity index (χ3v) is 2.20. The molecule has 0 amide bonds. The van der Waals surface area contributed by atoms with E-state index in [9.17, 15) is 0 Å². The molecule has 2 nitrogen and oxygen atoms in total. The summed E-state index contributed by atoms with van der Waals surface area (Å²) in [7, 11) is 0. The van der Waals surface area contributed by atoms with Gasteiger partial charge in [0.1, 0.15) is 0 Å². The molecule has 0 radical (unpaired) electrons. The Labute approximate surface area is 91.1 Å². The largest absolute Gasteiger partial charge is 0.386 e. The van der Waals surface area contributed by atoms with E-state index in [1.54, 1.807) is 12.1 Å². The second kappa shape index (κ2) is 4.09. The number of benzene rings is 1. The molecule has 5 heteroatoms. The van der Waals surface area contributed by atoms with Gasteiger partial charge >= 0.3 is 0 Å². The average Bonchev–Trinajstić information content (AvgIpc) is 1.96. The zero-order chi connectivity index (χ0) is 10.0. The van der Waals surface area contributed by atoms with Crippen molar-refractivity contribution in [1.29, 1.82) is 0 Å². The fraction of sp³-hybridized carbons (Fsp3) is 0. The van der Waals surface area contributed by atoms with Crippen LogP contribution < -0.4 is 11.5 Å². The Bertz CT molecular complexity index is 333. The third kappa shape index (κ3) is 2.69. The van der Waals surface area contributed by atoms with E-state index in [-0.39, 0.29) is 5.82 Å². The van der Waals surface area contributed by atoms with Crippen molar-refractivity contribution >= 4 is 40.9 Å². The maximum atomic E-state index is 5.85. The topological polar surface area (TPSA) is 52.0 Å². The van der Waals surface area contributed by atoms with Crippen molar-refractivity contribution in [2.24, 2.45) is 11.5 Å². The standard InChI is InChI=1S/C8H7Cl3N2/c9-4-1-6(10)5(3-8(12)13)7(11)2-4/h1-3H,12-13H2. The normalized spacial score (nSPS) is 9.77. The molecule has 0 aliphatic rings. The minimum atomic E-state index is 0.145. The van der Waals surface area contributed by atoms with Crippen LogP contribution in [0.3, 0.4) is 0 Å². The lowest BCUT2D eigenvalue weighted by atomic mass is 10.2. The van der Waals surface area contributed by atoms with Crippen LogP contribution in [-0.2, 0) is 0 Å². The van der Waals surface area contributed by atoms with Gasteiger partial charge in [0.05, 0.1) is 15.9 Å². The summed E-state index contributed by atoms with van der Waals surface area (Å²) in [5.41, 5.74) is 11.2. The van der Waals surface area contributed by atoms with E-state index in [0.29, 0.717) is 20.6 Å². The van der Waals surface area contributed by atoms with E-state index in [4.69, 9.17) is 46.3 Å². The van der Waals surface area contributed by atoms with Crippen LogP contribution in [0.25, 0.3) is 6.08 Å². The molecule has 0 aliphatic heterocycles. The zero-order valence-electron chi connectivity index (χ0n) is 6.52. The van der Waals surface area contributed by atoms with Crippen LogP contribution >= 0.6 is 34.8 Å². The van der Waals surface area contributed by atoms with Crippen LogP contribution in [0.5, 0.6) is 0 Å². The summed E-state index contributed by atoms with van der Waals surface area (Å²) < 4.78 is 0. The van der Waals surface area contributed by atoms with Gasteiger partial charge < -0.3 is 11.5 Å². The highest BCUT2D eigenvalue weighted by atomic mass is 35.5. The van der Waals surface area contributed by atoms with Gasteiger partial charge in [-0.15, -0.1) is 0 Å². The number of rotatable bonds is 1. The first kappa shape index (κ1) is 10.5. The molecule has 1 rings (SSSR count). The molecule has 70 valence electrons. The Morgan fingerprint density at radius 3 is 1.92 bits per heavy atom. The molecule has 1 aromatic carbocycles. The van der Waals surface area contributed by atoms with Crippen LogP contribution in [-0.4, -0.2) is 0 Å². The van der Waals surface area contributed by atoms with Crippen molar-refractivity contribution in [3.05, 3.63) is 38.6 Å². The SMILES string of the molecule is NC(N)=Cc1c(Cl)cc(Cl)cc1Cl. The quantitative estimate of drug-likeness (QED) is 0.789. The van der Waals surface area contributed by atoms with E-state index < -0.39 is 0 Å². The van der Waals surface area contributed by atoms with Crippen LogP contribution in [0.2, 0.25) is 15.1 Å². The van der Waals surface area contributed by atoms with E-state index in [1.807, 2.05) is 0 Å².